The van der Waals surface area contributed by atoms with Gasteiger partial charge in [0.25, 0.3) is 0 Å². The highest BCUT2D eigenvalue weighted by atomic mass is 19.1. The van der Waals surface area contributed by atoms with Crippen molar-refractivity contribution in [1.29, 1.82) is 0 Å². The first kappa shape index (κ1) is 19.5. The normalized spacial score (nSPS) is 10.4. The zero-order valence-electron chi connectivity index (χ0n) is 14.4. The lowest BCUT2D eigenvalue weighted by molar-refractivity contribution is -0.136. The monoisotopic (exact) mass is 364 g/mol. The number of benzene rings is 1. The first-order chi connectivity index (χ1) is 12.6. The third-order valence-corrected chi connectivity index (χ3v) is 3.27. The number of rotatable bonds is 9. The van der Waals surface area contributed by atoms with Gasteiger partial charge >= 0.3 is 11.8 Å². The Hall–Kier alpha value is -2.87. The van der Waals surface area contributed by atoms with Gasteiger partial charge in [0.05, 0.1) is 12.9 Å². The molecule has 8 heteroatoms. The van der Waals surface area contributed by atoms with E-state index in [0.29, 0.717) is 26.2 Å². The SMILES string of the molecule is CCOc1ccc(NC(=O)C(=O)NCCCOCc2ccco2)cc1F. The van der Waals surface area contributed by atoms with Gasteiger partial charge in [-0.25, -0.2) is 4.39 Å². The lowest BCUT2D eigenvalue weighted by Gasteiger charge is -2.09. The number of hydrogen-bond acceptors (Lipinski definition) is 5. The van der Waals surface area contributed by atoms with Crippen LogP contribution in [0, 0.1) is 5.82 Å². The summed E-state index contributed by atoms with van der Waals surface area (Å²) in [6.45, 7) is 3.11. The van der Waals surface area contributed by atoms with E-state index in [-0.39, 0.29) is 18.0 Å². The third kappa shape index (κ3) is 6.21. The molecule has 0 aliphatic heterocycles. The molecular formula is C18H21FN2O5. The van der Waals surface area contributed by atoms with Crippen molar-refractivity contribution in [2.45, 2.75) is 20.0 Å². The number of amides is 2. The maximum Gasteiger partial charge on any atom is 0.313 e. The summed E-state index contributed by atoms with van der Waals surface area (Å²) >= 11 is 0. The number of carbonyl (C=O) groups is 2. The van der Waals surface area contributed by atoms with E-state index >= 15 is 0 Å². The van der Waals surface area contributed by atoms with Gasteiger partial charge < -0.3 is 24.5 Å². The van der Waals surface area contributed by atoms with E-state index in [1.54, 1.807) is 25.3 Å². The predicted octanol–water partition coefficient (Wildman–Crippen LogP) is 2.48. The second-order valence-electron chi connectivity index (χ2n) is 5.27. The first-order valence-electron chi connectivity index (χ1n) is 8.21. The Bertz CT molecular complexity index is 718. The predicted molar refractivity (Wildman–Crippen MR) is 92.2 cm³/mol. The molecule has 0 spiro atoms. The minimum Gasteiger partial charge on any atom is -0.491 e. The molecule has 0 fully saturated rings. The fourth-order valence-corrected chi connectivity index (χ4v) is 2.06. The van der Waals surface area contributed by atoms with E-state index in [2.05, 4.69) is 10.6 Å². The highest BCUT2D eigenvalue weighted by molar-refractivity contribution is 6.39. The molecule has 140 valence electrons. The van der Waals surface area contributed by atoms with E-state index in [4.69, 9.17) is 13.9 Å². The van der Waals surface area contributed by atoms with Gasteiger partial charge in [-0.3, -0.25) is 9.59 Å². The lowest BCUT2D eigenvalue weighted by Crippen LogP contribution is -2.36. The molecule has 0 bridgehead atoms. The molecule has 0 saturated heterocycles. The molecule has 2 N–H and O–H groups in total. The molecule has 0 unspecified atom stereocenters. The molecule has 0 aliphatic rings. The van der Waals surface area contributed by atoms with Crippen LogP contribution >= 0.6 is 0 Å². The molecule has 0 atom stereocenters. The van der Waals surface area contributed by atoms with Crippen molar-refractivity contribution in [3.63, 3.8) is 0 Å². The van der Waals surface area contributed by atoms with Gasteiger partial charge in [0.1, 0.15) is 12.4 Å². The van der Waals surface area contributed by atoms with Gasteiger partial charge in [-0.15, -0.1) is 0 Å². The van der Waals surface area contributed by atoms with Crippen LogP contribution in [-0.4, -0.2) is 31.6 Å². The Balaban J connectivity index is 1.65. The van der Waals surface area contributed by atoms with Crippen molar-refractivity contribution in [2.24, 2.45) is 0 Å². The fourth-order valence-electron chi connectivity index (χ4n) is 2.06. The number of hydrogen-bond donors (Lipinski definition) is 2. The second kappa shape index (κ2) is 10.2. The van der Waals surface area contributed by atoms with E-state index in [9.17, 15) is 14.0 Å². The van der Waals surface area contributed by atoms with Crippen molar-refractivity contribution in [1.82, 2.24) is 5.32 Å². The summed E-state index contributed by atoms with van der Waals surface area (Å²) in [4.78, 5) is 23.5. The minimum atomic E-state index is -0.870. The van der Waals surface area contributed by atoms with Crippen LogP contribution in [0.25, 0.3) is 0 Å². The van der Waals surface area contributed by atoms with Crippen LogP contribution in [-0.2, 0) is 20.9 Å². The van der Waals surface area contributed by atoms with Crippen molar-refractivity contribution < 1.29 is 27.9 Å². The maximum absolute atomic E-state index is 13.7. The largest absolute Gasteiger partial charge is 0.491 e. The topological polar surface area (TPSA) is 89.8 Å². The van der Waals surface area contributed by atoms with E-state index in [1.807, 2.05) is 0 Å². The number of halogens is 1. The molecule has 2 aromatic rings. The average Bonchev–Trinajstić information content (AvgIpc) is 3.13. The van der Waals surface area contributed by atoms with Crippen LogP contribution in [0.4, 0.5) is 10.1 Å². The van der Waals surface area contributed by atoms with Gasteiger partial charge in [-0.2, -0.15) is 0 Å². The summed E-state index contributed by atoms with van der Waals surface area (Å²) in [7, 11) is 0. The molecule has 7 nitrogen and oxygen atoms in total. The maximum atomic E-state index is 13.7. The Morgan fingerprint density at radius 3 is 2.77 bits per heavy atom. The number of nitrogens with one attached hydrogen (secondary N) is 2. The van der Waals surface area contributed by atoms with E-state index in [0.717, 1.165) is 11.8 Å². The van der Waals surface area contributed by atoms with Crippen LogP contribution in [0.15, 0.2) is 41.0 Å². The van der Waals surface area contributed by atoms with Crippen molar-refractivity contribution in [3.8, 4) is 5.75 Å². The van der Waals surface area contributed by atoms with Crippen molar-refractivity contribution in [2.75, 3.05) is 25.1 Å². The molecule has 26 heavy (non-hydrogen) atoms. The quantitative estimate of drug-likeness (QED) is 0.527. The molecule has 0 radical (unpaired) electrons. The molecule has 2 rings (SSSR count). The standard InChI is InChI=1S/C18H21FN2O5/c1-2-25-16-7-6-13(11-15(16)19)21-18(23)17(22)20-8-4-9-24-12-14-5-3-10-26-14/h3,5-7,10-11H,2,4,8-9,12H2,1H3,(H,20,22)(H,21,23). The van der Waals surface area contributed by atoms with Crippen LogP contribution in [0.5, 0.6) is 5.75 Å². The van der Waals surface area contributed by atoms with E-state index in [1.165, 1.54) is 12.1 Å². The summed E-state index contributed by atoms with van der Waals surface area (Å²) in [5.41, 5.74) is 0.174. The molecule has 0 saturated carbocycles. The summed E-state index contributed by atoms with van der Waals surface area (Å²) in [6.07, 6.45) is 2.10. The molecule has 1 aromatic heterocycles. The summed E-state index contributed by atoms with van der Waals surface area (Å²) < 4.78 is 29.3. The van der Waals surface area contributed by atoms with Gasteiger partial charge in [-0.05, 0) is 37.6 Å². The molecule has 1 aromatic carbocycles. The van der Waals surface area contributed by atoms with E-state index < -0.39 is 17.6 Å². The third-order valence-electron chi connectivity index (χ3n) is 3.27. The fraction of sp³-hybridized carbons (Fsp3) is 0.333. The van der Waals surface area contributed by atoms with Crippen LogP contribution in [0.2, 0.25) is 0 Å². The molecule has 0 aliphatic carbocycles. The van der Waals surface area contributed by atoms with Crippen molar-refractivity contribution in [3.05, 3.63) is 48.2 Å². The van der Waals surface area contributed by atoms with Crippen LogP contribution < -0.4 is 15.4 Å². The summed E-state index contributed by atoms with van der Waals surface area (Å²) in [6, 6.07) is 7.52. The van der Waals surface area contributed by atoms with Gasteiger partial charge in [0.15, 0.2) is 11.6 Å². The number of ether oxygens (including phenoxy) is 2. The van der Waals surface area contributed by atoms with Gasteiger partial charge in [0.2, 0.25) is 0 Å². The van der Waals surface area contributed by atoms with Gasteiger partial charge in [0, 0.05) is 24.9 Å². The number of furan rings is 1. The second-order valence-corrected chi connectivity index (χ2v) is 5.27. The first-order valence-corrected chi connectivity index (χ1v) is 8.21. The van der Waals surface area contributed by atoms with Crippen molar-refractivity contribution >= 4 is 17.5 Å². The molecule has 2 amide bonds. The lowest BCUT2D eigenvalue weighted by atomic mass is 10.3. The Kier molecular flexibility index (Phi) is 7.63. The average molecular weight is 364 g/mol. The van der Waals surface area contributed by atoms with Crippen LogP contribution in [0.3, 0.4) is 0 Å². The molecule has 1 heterocycles. The number of carbonyl (C=O) groups excluding carboxylic acids is 2. The minimum absolute atomic E-state index is 0.0875. The summed E-state index contributed by atoms with van der Waals surface area (Å²) in [5, 5.41) is 4.80. The highest BCUT2D eigenvalue weighted by Gasteiger charge is 2.14. The molecular weight excluding hydrogens is 343 g/mol. The Morgan fingerprint density at radius 1 is 1.23 bits per heavy atom. The zero-order valence-corrected chi connectivity index (χ0v) is 14.4. The van der Waals surface area contributed by atoms with Gasteiger partial charge in [-0.1, -0.05) is 0 Å². The Morgan fingerprint density at radius 2 is 2.08 bits per heavy atom. The zero-order chi connectivity index (χ0) is 18.8. The smallest absolute Gasteiger partial charge is 0.313 e. The Labute approximate surface area is 150 Å². The van der Waals surface area contributed by atoms with Crippen LogP contribution in [0.1, 0.15) is 19.1 Å². The number of anilines is 1. The summed E-state index contributed by atoms with van der Waals surface area (Å²) in [5.74, 6) is -1.48. The highest BCUT2D eigenvalue weighted by Crippen LogP contribution is 2.21.